The highest BCUT2D eigenvalue weighted by Crippen LogP contribution is 2.18. The number of hydrogen-bond acceptors (Lipinski definition) is 3. The summed E-state index contributed by atoms with van der Waals surface area (Å²) in [6.45, 7) is 5.99. The quantitative estimate of drug-likeness (QED) is 0.724. The van der Waals surface area contributed by atoms with E-state index in [0.717, 1.165) is 18.4 Å². The number of hydrogen-bond donors (Lipinski definition) is 3. The van der Waals surface area contributed by atoms with Crippen LogP contribution in [0.1, 0.15) is 45.3 Å². The van der Waals surface area contributed by atoms with Crippen molar-refractivity contribution in [3.8, 4) is 0 Å². The van der Waals surface area contributed by atoms with Gasteiger partial charge in [-0.05, 0) is 37.5 Å². The first kappa shape index (κ1) is 17.5. The van der Waals surface area contributed by atoms with Crippen molar-refractivity contribution in [1.29, 1.82) is 0 Å². The van der Waals surface area contributed by atoms with Gasteiger partial charge in [-0.3, -0.25) is 0 Å². The van der Waals surface area contributed by atoms with Crippen molar-refractivity contribution in [2.75, 3.05) is 18.5 Å². The molecule has 21 heavy (non-hydrogen) atoms. The second-order valence-electron chi connectivity index (χ2n) is 5.12. The van der Waals surface area contributed by atoms with Crippen molar-refractivity contribution >= 4 is 11.7 Å². The Morgan fingerprint density at radius 3 is 2.52 bits per heavy atom. The average Bonchev–Trinajstić information content (AvgIpc) is 2.47. The lowest BCUT2D eigenvalue weighted by atomic mass is 10.1. The molecule has 0 aliphatic heterocycles. The molecule has 0 heterocycles. The van der Waals surface area contributed by atoms with Crippen LogP contribution in [0.3, 0.4) is 0 Å². The number of aliphatic hydroxyl groups excluding tert-OH is 2. The Morgan fingerprint density at radius 2 is 2.00 bits per heavy atom. The summed E-state index contributed by atoms with van der Waals surface area (Å²) in [6.07, 6.45) is 1.12. The molecule has 1 aromatic rings. The fraction of sp³-hybridized carbons (Fsp3) is 0.562. The maximum Gasteiger partial charge on any atom is 0.322 e. The fourth-order valence-electron chi connectivity index (χ4n) is 2.36. The number of carbonyl (C=O) groups is 1. The molecule has 0 radical (unpaired) electrons. The number of nitrogens with zero attached hydrogens (tertiary/aromatic N) is 1. The van der Waals surface area contributed by atoms with Gasteiger partial charge < -0.3 is 20.4 Å². The molecule has 5 nitrogen and oxygen atoms in total. The zero-order valence-corrected chi connectivity index (χ0v) is 13.0. The Morgan fingerprint density at radius 1 is 1.33 bits per heavy atom. The normalized spacial score (nSPS) is 12.3. The third-order valence-corrected chi connectivity index (χ3v) is 3.61. The highest BCUT2D eigenvalue weighted by molar-refractivity contribution is 5.89. The van der Waals surface area contributed by atoms with Gasteiger partial charge in [-0.15, -0.1) is 0 Å². The second kappa shape index (κ2) is 8.64. The van der Waals surface area contributed by atoms with E-state index in [2.05, 4.69) is 5.32 Å². The maximum absolute atomic E-state index is 12.4. The lowest BCUT2D eigenvalue weighted by Crippen LogP contribution is -2.44. The van der Waals surface area contributed by atoms with Crippen molar-refractivity contribution in [2.45, 2.75) is 45.8 Å². The SMILES string of the molecule is CCC(CC)N(CCO)C(=O)Nc1cccc(C(C)O)c1. The molecule has 0 spiro atoms. The molecule has 118 valence electrons. The summed E-state index contributed by atoms with van der Waals surface area (Å²) < 4.78 is 0. The van der Waals surface area contributed by atoms with Gasteiger partial charge in [0.25, 0.3) is 0 Å². The van der Waals surface area contributed by atoms with E-state index in [1.807, 2.05) is 19.9 Å². The first-order valence-corrected chi connectivity index (χ1v) is 7.49. The molecule has 5 heteroatoms. The van der Waals surface area contributed by atoms with E-state index in [1.165, 1.54) is 0 Å². The molecule has 1 aromatic carbocycles. The summed E-state index contributed by atoms with van der Waals surface area (Å²) in [4.78, 5) is 14.0. The van der Waals surface area contributed by atoms with Gasteiger partial charge in [-0.1, -0.05) is 26.0 Å². The Balaban J connectivity index is 2.83. The van der Waals surface area contributed by atoms with Crippen molar-refractivity contribution in [1.82, 2.24) is 4.90 Å². The molecule has 3 N–H and O–H groups in total. The van der Waals surface area contributed by atoms with E-state index in [4.69, 9.17) is 5.11 Å². The minimum absolute atomic E-state index is 0.0579. The number of benzene rings is 1. The van der Waals surface area contributed by atoms with Crippen LogP contribution in [-0.4, -0.2) is 40.3 Å². The van der Waals surface area contributed by atoms with Gasteiger partial charge in [-0.25, -0.2) is 4.79 Å². The zero-order chi connectivity index (χ0) is 15.8. The topological polar surface area (TPSA) is 72.8 Å². The molecule has 0 bridgehead atoms. The fourth-order valence-corrected chi connectivity index (χ4v) is 2.36. The van der Waals surface area contributed by atoms with E-state index in [9.17, 15) is 9.90 Å². The first-order valence-electron chi connectivity index (χ1n) is 7.49. The summed E-state index contributed by atoms with van der Waals surface area (Å²) in [6, 6.07) is 7.04. The summed E-state index contributed by atoms with van der Waals surface area (Å²) >= 11 is 0. The molecule has 1 unspecified atom stereocenters. The molecule has 2 amide bonds. The van der Waals surface area contributed by atoms with Gasteiger partial charge >= 0.3 is 6.03 Å². The average molecular weight is 294 g/mol. The molecule has 1 atom stereocenters. The van der Waals surface area contributed by atoms with Crippen LogP contribution in [0.4, 0.5) is 10.5 Å². The largest absolute Gasteiger partial charge is 0.395 e. The van der Waals surface area contributed by atoms with Crippen LogP contribution < -0.4 is 5.32 Å². The van der Waals surface area contributed by atoms with Gasteiger partial charge in [0.1, 0.15) is 0 Å². The Hall–Kier alpha value is -1.59. The lowest BCUT2D eigenvalue weighted by Gasteiger charge is -2.30. The summed E-state index contributed by atoms with van der Waals surface area (Å²) in [5.41, 5.74) is 1.40. The van der Waals surface area contributed by atoms with Crippen molar-refractivity contribution in [2.24, 2.45) is 0 Å². The van der Waals surface area contributed by atoms with Crippen LogP contribution in [0.5, 0.6) is 0 Å². The lowest BCUT2D eigenvalue weighted by molar-refractivity contribution is 0.158. The molecule has 1 rings (SSSR count). The van der Waals surface area contributed by atoms with E-state index in [1.54, 1.807) is 30.0 Å². The molecule has 0 aliphatic carbocycles. The molecule has 0 aromatic heterocycles. The first-order chi connectivity index (χ1) is 10.0. The third kappa shape index (κ3) is 5.02. The number of amides is 2. The minimum atomic E-state index is -0.575. The zero-order valence-electron chi connectivity index (χ0n) is 13.0. The molecule has 0 saturated carbocycles. The van der Waals surface area contributed by atoms with Crippen LogP contribution in [-0.2, 0) is 0 Å². The minimum Gasteiger partial charge on any atom is -0.395 e. The number of aliphatic hydroxyl groups is 2. The highest BCUT2D eigenvalue weighted by Gasteiger charge is 2.20. The molecule has 0 fully saturated rings. The second-order valence-corrected chi connectivity index (χ2v) is 5.12. The molecular weight excluding hydrogens is 268 g/mol. The molecular formula is C16H26N2O3. The van der Waals surface area contributed by atoms with Crippen LogP contribution in [0.25, 0.3) is 0 Å². The van der Waals surface area contributed by atoms with Gasteiger partial charge in [0.2, 0.25) is 0 Å². The Bertz CT molecular complexity index is 445. The van der Waals surface area contributed by atoms with Gasteiger partial charge in [-0.2, -0.15) is 0 Å². The van der Waals surface area contributed by atoms with Crippen LogP contribution in [0.15, 0.2) is 24.3 Å². The third-order valence-electron chi connectivity index (χ3n) is 3.61. The summed E-state index contributed by atoms with van der Waals surface area (Å²) in [5.74, 6) is 0. The standard InChI is InChI=1S/C16H26N2O3/c1-4-15(5-2)18(9-10-19)16(21)17-14-8-6-7-13(11-14)12(3)20/h6-8,11-12,15,19-20H,4-5,9-10H2,1-3H3,(H,17,21). The van der Waals surface area contributed by atoms with E-state index in [0.29, 0.717) is 12.2 Å². The predicted molar refractivity (Wildman–Crippen MR) is 84.3 cm³/mol. The summed E-state index contributed by atoms with van der Waals surface area (Å²) in [7, 11) is 0. The van der Waals surface area contributed by atoms with Gasteiger partial charge in [0, 0.05) is 18.3 Å². The monoisotopic (exact) mass is 294 g/mol. The van der Waals surface area contributed by atoms with Crippen LogP contribution >= 0.6 is 0 Å². The smallest absolute Gasteiger partial charge is 0.322 e. The van der Waals surface area contributed by atoms with Crippen molar-refractivity contribution in [3.63, 3.8) is 0 Å². The molecule has 0 saturated heterocycles. The van der Waals surface area contributed by atoms with E-state index < -0.39 is 6.10 Å². The predicted octanol–water partition coefficient (Wildman–Crippen LogP) is 2.75. The van der Waals surface area contributed by atoms with Crippen LogP contribution in [0, 0.1) is 0 Å². The highest BCUT2D eigenvalue weighted by atomic mass is 16.3. The van der Waals surface area contributed by atoms with Crippen molar-refractivity contribution < 1.29 is 15.0 Å². The maximum atomic E-state index is 12.4. The van der Waals surface area contributed by atoms with E-state index in [-0.39, 0.29) is 18.7 Å². The number of rotatable bonds is 7. The van der Waals surface area contributed by atoms with Gasteiger partial charge in [0.05, 0.1) is 12.7 Å². The summed E-state index contributed by atoms with van der Waals surface area (Å²) in [5, 5.41) is 21.6. The Kier molecular flexibility index (Phi) is 7.19. The number of carbonyl (C=O) groups excluding carboxylic acids is 1. The Labute approximate surface area is 126 Å². The molecule has 0 aliphatic rings. The van der Waals surface area contributed by atoms with Gasteiger partial charge in [0.15, 0.2) is 0 Å². The number of nitrogens with one attached hydrogen (secondary N) is 1. The number of anilines is 1. The number of urea groups is 1. The van der Waals surface area contributed by atoms with Crippen molar-refractivity contribution in [3.05, 3.63) is 29.8 Å². The van der Waals surface area contributed by atoms with E-state index >= 15 is 0 Å². The van der Waals surface area contributed by atoms with Crippen LogP contribution in [0.2, 0.25) is 0 Å².